The van der Waals surface area contributed by atoms with Gasteiger partial charge in [0.05, 0.1) is 38.2 Å². The predicted molar refractivity (Wildman–Crippen MR) is 189 cm³/mol. The van der Waals surface area contributed by atoms with Crippen LogP contribution in [0.4, 0.5) is 17.5 Å². The van der Waals surface area contributed by atoms with E-state index in [4.69, 9.17) is 18.9 Å². The molecule has 0 unspecified atom stereocenters. The van der Waals surface area contributed by atoms with Crippen LogP contribution in [-0.2, 0) is 31.4 Å². The Morgan fingerprint density at radius 1 is 0.939 bits per heavy atom. The van der Waals surface area contributed by atoms with E-state index in [-0.39, 0.29) is 58.4 Å². The smallest absolute Gasteiger partial charge is 0.265 e. The number of aromatic nitrogens is 2. The number of sulfonamides is 1. The third-order valence-corrected chi connectivity index (χ3v) is 9.25. The summed E-state index contributed by atoms with van der Waals surface area (Å²) in [5, 5.41) is 2.94. The summed E-state index contributed by atoms with van der Waals surface area (Å²) in [7, 11) is -2.66. The van der Waals surface area contributed by atoms with Gasteiger partial charge in [-0.25, -0.2) is 8.42 Å². The normalized spacial score (nSPS) is 13.4. The maximum absolute atomic E-state index is 13.8. The maximum Gasteiger partial charge on any atom is 0.265 e. The number of aryl methyl sites for hydroxylation is 1. The number of hydrogen-bond acceptors (Lipinski definition) is 10. The molecule has 4 aromatic rings. The predicted octanol–water partition coefficient (Wildman–Crippen LogP) is 6.18. The number of rotatable bonds is 13. The molecule has 1 saturated heterocycles. The molecular weight excluding hydrogens is 646 g/mol. The minimum Gasteiger partial charge on any atom is -0.493 e. The number of hydrogen-bond donors (Lipinski definition) is 2. The second-order valence-electron chi connectivity index (χ2n) is 12.4. The zero-order valence-electron chi connectivity index (χ0n) is 28.5. The summed E-state index contributed by atoms with van der Waals surface area (Å²) in [6.07, 6.45) is 0.755. The molecule has 0 radical (unpaired) electrons. The van der Waals surface area contributed by atoms with E-state index in [0.717, 1.165) is 23.2 Å². The SMILES string of the molecule is CCc1ccccc1NC(=O)CCOc1nc(N2CCOCC2)nc(NS(=O)(=O)c2ccc(C(C)(C)C)cc2)c1Oc1ccccc1OC. The fourth-order valence-electron chi connectivity index (χ4n) is 5.12. The molecule has 1 aromatic heterocycles. The van der Waals surface area contributed by atoms with Gasteiger partial charge < -0.3 is 29.2 Å². The lowest BCUT2D eigenvalue weighted by molar-refractivity contribution is -0.116. The van der Waals surface area contributed by atoms with Crippen LogP contribution in [0.1, 0.15) is 45.2 Å². The van der Waals surface area contributed by atoms with Gasteiger partial charge in [0.15, 0.2) is 17.3 Å². The van der Waals surface area contributed by atoms with Gasteiger partial charge >= 0.3 is 0 Å². The minimum absolute atomic E-state index is 0.00970. The molecule has 0 saturated carbocycles. The molecule has 0 aliphatic carbocycles. The van der Waals surface area contributed by atoms with Gasteiger partial charge in [-0.2, -0.15) is 9.97 Å². The molecule has 1 aliphatic heterocycles. The number of ether oxygens (including phenoxy) is 4. The van der Waals surface area contributed by atoms with E-state index in [2.05, 4.69) is 40.8 Å². The second-order valence-corrected chi connectivity index (χ2v) is 14.1. The molecule has 5 rings (SSSR count). The third-order valence-electron chi connectivity index (χ3n) is 7.90. The number of carbonyl (C=O) groups excluding carboxylic acids is 1. The van der Waals surface area contributed by atoms with Crippen LogP contribution in [0.25, 0.3) is 0 Å². The van der Waals surface area contributed by atoms with Gasteiger partial charge in [-0.1, -0.05) is 70.2 Å². The van der Waals surface area contributed by atoms with Crippen LogP contribution in [0.15, 0.2) is 77.7 Å². The number of amides is 1. The lowest BCUT2D eigenvalue weighted by Gasteiger charge is -2.28. The van der Waals surface area contributed by atoms with E-state index in [1.54, 1.807) is 48.5 Å². The van der Waals surface area contributed by atoms with Crippen molar-refractivity contribution in [2.45, 2.75) is 50.8 Å². The van der Waals surface area contributed by atoms with Gasteiger partial charge in [0.25, 0.3) is 15.9 Å². The molecule has 0 spiro atoms. The number of para-hydroxylation sites is 3. The Bertz CT molecular complexity index is 1850. The number of morpholine rings is 1. The van der Waals surface area contributed by atoms with Crippen molar-refractivity contribution in [1.82, 2.24) is 9.97 Å². The lowest BCUT2D eigenvalue weighted by atomic mass is 9.87. The summed E-state index contributed by atoms with van der Waals surface area (Å²) in [4.78, 5) is 24.2. The van der Waals surface area contributed by atoms with Gasteiger partial charge in [-0.15, -0.1) is 0 Å². The van der Waals surface area contributed by atoms with Crippen LogP contribution in [-0.4, -0.2) is 64.3 Å². The maximum atomic E-state index is 13.8. The highest BCUT2D eigenvalue weighted by Crippen LogP contribution is 2.42. The van der Waals surface area contributed by atoms with Crippen molar-refractivity contribution >= 4 is 33.4 Å². The summed E-state index contributed by atoms with van der Waals surface area (Å²) in [5.74, 6) is 0.354. The highest BCUT2D eigenvalue weighted by Gasteiger charge is 2.28. The molecule has 1 amide bonds. The van der Waals surface area contributed by atoms with Crippen molar-refractivity contribution in [2.24, 2.45) is 0 Å². The molecule has 3 aromatic carbocycles. The van der Waals surface area contributed by atoms with Crippen LogP contribution in [0.2, 0.25) is 0 Å². The van der Waals surface area contributed by atoms with Gasteiger partial charge in [0.1, 0.15) is 0 Å². The van der Waals surface area contributed by atoms with Crippen LogP contribution < -0.4 is 29.1 Å². The van der Waals surface area contributed by atoms with Gasteiger partial charge in [0.2, 0.25) is 17.6 Å². The van der Waals surface area contributed by atoms with Gasteiger partial charge in [0, 0.05) is 18.8 Å². The highest BCUT2D eigenvalue weighted by molar-refractivity contribution is 7.92. The fraction of sp³-hybridized carbons (Fsp3) is 0.361. The molecule has 0 atom stereocenters. The van der Waals surface area contributed by atoms with Crippen LogP contribution >= 0.6 is 0 Å². The molecule has 49 heavy (non-hydrogen) atoms. The Morgan fingerprint density at radius 3 is 2.29 bits per heavy atom. The van der Waals surface area contributed by atoms with Crippen LogP contribution in [0, 0.1) is 0 Å². The first kappa shape index (κ1) is 35.4. The number of carbonyl (C=O) groups is 1. The van der Waals surface area contributed by atoms with Crippen molar-refractivity contribution in [3.8, 4) is 23.1 Å². The largest absolute Gasteiger partial charge is 0.493 e. The van der Waals surface area contributed by atoms with Crippen molar-refractivity contribution in [2.75, 3.05) is 55.0 Å². The van der Waals surface area contributed by atoms with E-state index in [1.165, 1.54) is 7.11 Å². The quantitative estimate of drug-likeness (QED) is 0.167. The Morgan fingerprint density at radius 2 is 1.61 bits per heavy atom. The summed E-state index contributed by atoms with van der Waals surface area (Å²) in [6, 6.07) is 21.2. The molecule has 260 valence electrons. The first-order valence-corrected chi connectivity index (χ1v) is 17.7. The standard InChI is InChI=1S/C36H43N5O7S/c1-6-25-11-7-8-12-28(25)37-31(42)19-22-47-34-32(48-30-14-10-9-13-29(30)45-5)33(38-35(39-34)41-20-23-46-24-21-41)40-49(43,44)27-17-15-26(16-18-27)36(2,3)4/h7-18H,6,19-24H2,1-5H3,(H,37,42)(H,38,39,40). The lowest BCUT2D eigenvalue weighted by Crippen LogP contribution is -2.37. The molecule has 1 fully saturated rings. The zero-order valence-corrected chi connectivity index (χ0v) is 29.3. The highest BCUT2D eigenvalue weighted by atomic mass is 32.2. The number of anilines is 3. The second kappa shape index (κ2) is 15.6. The van der Waals surface area contributed by atoms with E-state index in [0.29, 0.717) is 32.1 Å². The van der Waals surface area contributed by atoms with Crippen molar-refractivity contribution in [1.29, 1.82) is 0 Å². The first-order chi connectivity index (χ1) is 23.5. The number of benzene rings is 3. The monoisotopic (exact) mass is 689 g/mol. The summed E-state index contributed by atoms with van der Waals surface area (Å²) in [6.45, 7) is 9.95. The molecule has 13 heteroatoms. The zero-order chi connectivity index (χ0) is 35.0. The van der Waals surface area contributed by atoms with E-state index in [1.807, 2.05) is 36.1 Å². The van der Waals surface area contributed by atoms with Crippen molar-refractivity contribution < 1.29 is 32.2 Å². The Kier molecular flexibility index (Phi) is 11.2. The average molecular weight is 690 g/mol. The third kappa shape index (κ3) is 8.98. The molecule has 1 aliphatic rings. The van der Waals surface area contributed by atoms with Crippen LogP contribution in [0.3, 0.4) is 0 Å². The Hall–Kier alpha value is -4.88. The van der Waals surface area contributed by atoms with Crippen molar-refractivity contribution in [3.05, 3.63) is 83.9 Å². The van der Waals surface area contributed by atoms with Gasteiger partial charge in [-0.05, 0) is 53.3 Å². The topological polar surface area (TPSA) is 141 Å². The van der Waals surface area contributed by atoms with E-state index in [9.17, 15) is 13.2 Å². The van der Waals surface area contributed by atoms with Gasteiger partial charge in [-0.3, -0.25) is 9.52 Å². The minimum atomic E-state index is -4.16. The van der Waals surface area contributed by atoms with E-state index < -0.39 is 10.0 Å². The molecule has 0 bridgehead atoms. The number of nitrogens with one attached hydrogen (secondary N) is 2. The molecule has 12 nitrogen and oxygen atoms in total. The summed E-state index contributed by atoms with van der Waals surface area (Å²) in [5.41, 5.74) is 2.58. The average Bonchev–Trinajstić information content (AvgIpc) is 3.09. The first-order valence-electron chi connectivity index (χ1n) is 16.2. The number of methoxy groups -OCH3 is 1. The van der Waals surface area contributed by atoms with E-state index >= 15 is 0 Å². The summed E-state index contributed by atoms with van der Waals surface area (Å²) < 4.78 is 53.7. The Balaban J connectivity index is 1.51. The molecular formula is C36H43N5O7S. The Labute approximate surface area is 287 Å². The van der Waals surface area contributed by atoms with Crippen LogP contribution in [0.5, 0.6) is 23.1 Å². The van der Waals surface area contributed by atoms with Crippen molar-refractivity contribution in [3.63, 3.8) is 0 Å². The summed E-state index contributed by atoms with van der Waals surface area (Å²) >= 11 is 0. The molecule has 2 N–H and O–H groups in total. The number of nitrogens with zero attached hydrogens (tertiary/aromatic N) is 3. The molecule has 2 heterocycles. The fourth-order valence-corrected chi connectivity index (χ4v) is 6.12.